The van der Waals surface area contributed by atoms with Crippen molar-refractivity contribution < 1.29 is 14.1 Å². The van der Waals surface area contributed by atoms with E-state index in [2.05, 4.69) is 6.07 Å². The van der Waals surface area contributed by atoms with Gasteiger partial charge in [-0.25, -0.2) is 0 Å². The molecule has 0 bridgehead atoms. The zero-order valence-electron chi connectivity index (χ0n) is 11.4. The molecule has 5 nitrogen and oxygen atoms in total. The summed E-state index contributed by atoms with van der Waals surface area (Å²) in [6.07, 6.45) is 2.14. The minimum atomic E-state index is -0.208. The number of Topliss-reactive ketones (excluding diaryl/α,β-unsaturated/α-hetero) is 1. The maximum Gasteiger partial charge on any atom is 0.337 e. The van der Waals surface area contributed by atoms with Crippen LogP contribution in [0.4, 0.5) is 0 Å². The third kappa shape index (κ3) is 2.23. The van der Waals surface area contributed by atoms with Gasteiger partial charge in [0.25, 0.3) is 11.3 Å². The summed E-state index contributed by atoms with van der Waals surface area (Å²) in [5.41, 5.74) is 2.25. The Kier molecular flexibility index (Phi) is 4.26. The lowest BCUT2D eigenvalue weighted by atomic mass is 10.3. The fourth-order valence-corrected chi connectivity index (χ4v) is 2.48. The first-order chi connectivity index (χ1) is 9.65. The van der Waals surface area contributed by atoms with E-state index in [4.69, 9.17) is 21.6 Å². The number of carbonyl (C=O) groups is 1. The summed E-state index contributed by atoms with van der Waals surface area (Å²) in [5.74, 6) is 0.120. The van der Waals surface area contributed by atoms with E-state index in [-0.39, 0.29) is 11.7 Å². The summed E-state index contributed by atoms with van der Waals surface area (Å²) in [5, 5.41) is 8.80. The van der Waals surface area contributed by atoms with E-state index < -0.39 is 0 Å². The summed E-state index contributed by atoms with van der Waals surface area (Å²) in [7, 11) is 1.51. The van der Waals surface area contributed by atoms with Crippen molar-refractivity contribution in [3.63, 3.8) is 0 Å². The molecule has 0 spiro atoms. The molecule has 0 aromatic carbocycles. The lowest BCUT2D eigenvalue weighted by Crippen LogP contribution is -2.35. The Balaban J connectivity index is 2.81. The van der Waals surface area contributed by atoms with Gasteiger partial charge >= 0.3 is 5.88 Å². The molecule has 0 aliphatic heterocycles. The molecule has 2 aromatic rings. The number of halogens is 1. The number of hydrogen-bond donors (Lipinski definition) is 0. The zero-order chi connectivity index (χ0) is 14.7. The van der Waals surface area contributed by atoms with Crippen LogP contribution in [0, 0.1) is 18.3 Å². The van der Waals surface area contributed by atoms with Crippen LogP contribution in [0.15, 0.2) is 18.3 Å². The van der Waals surface area contributed by atoms with Gasteiger partial charge < -0.3 is 4.74 Å². The standard InChI is InChI=1S/C14H15ClN3O2/c1-10-5-3-7-17-12(11(19)9-15)14(20-2)18(13(10)17)8-4-6-16/h3,5,7H,4,8-9H2,1-2H3/q+1. The second-order valence-electron chi connectivity index (χ2n) is 4.36. The molecule has 0 aliphatic rings. The number of imidazole rings is 1. The van der Waals surface area contributed by atoms with Crippen LogP contribution in [0.3, 0.4) is 0 Å². The second kappa shape index (κ2) is 5.93. The van der Waals surface area contributed by atoms with Gasteiger partial charge in [-0.1, -0.05) is 0 Å². The van der Waals surface area contributed by atoms with Crippen molar-refractivity contribution in [3.8, 4) is 11.9 Å². The molecule has 0 saturated heterocycles. The minimum absolute atomic E-state index is 0.116. The highest BCUT2D eigenvalue weighted by molar-refractivity contribution is 6.30. The molecular formula is C14H15ClN3O2+. The Hall–Kier alpha value is -2.06. The number of methoxy groups -OCH3 is 1. The molecule has 104 valence electrons. The highest BCUT2D eigenvalue weighted by Crippen LogP contribution is 2.21. The molecule has 0 fully saturated rings. The largest absolute Gasteiger partial charge is 0.462 e. The van der Waals surface area contributed by atoms with Gasteiger partial charge in [0, 0.05) is 5.56 Å². The van der Waals surface area contributed by atoms with Gasteiger partial charge in [-0.3, -0.25) is 4.79 Å². The van der Waals surface area contributed by atoms with Crippen LogP contribution < -0.4 is 9.30 Å². The normalized spacial score (nSPS) is 10.5. The van der Waals surface area contributed by atoms with E-state index in [1.54, 1.807) is 10.6 Å². The van der Waals surface area contributed by atoms with Crippen LogP contribution in [-0.2, 0) is 6.54 Å². The molecule has 0 atom stereocenters. The van der Waals surface area contributed by atoms with Gasteiger partial charge in [0.05, 0.1) is 31.7 Å². The number of hydrogen-bond acceptors (Lipinski definition) is 3. The first-order valence-corrected chi connectivity index (χ1v) is 6.72. The Morgan fingerprint density at radius 2 is 2.35 bits per heavy atom. The van der Waals surface area contributed by atoms with Crippen molar-refractivity contribution in [2.45, 2.75) is 19.9 Å². The van der Waals surface area contributed by atoms with Crippen molar-refractivity contribution in [3.05, 3.63) is 29.6 Å². The number of ether oxygens (including phenoxy) is 1. The molecule has 20 heavy (non-hydrogen) atoms. The smallest absolute Gasteiger partial charge is 0.337 e. The highest BCUT2D eigenvalue weighted by atomic mass is 35.5. The number of aryl methyl sites for hydroxylation is 2. The van der Waals surface area contributed by atoms with Crippen molar-refractivity contribution in [2.24, 2.45) is 0 Å². The maximum absolute atomic E-state index is 12.1. The van der Waals surface area contributed by atoms with Gasteiger partial charge in [0.2, 0.25) is 5.78 Å². The van der Waals surface area contributed by atoms with Crippen LogP contribution >= 0.6 is 11.6 Å². The van der Waals surface area contributed by atoms with Crippen LogP contribution in [0.1, 0.15) is 22.5 Å². The van der Waals surface area contributed by atoms with E-state index >= 15 is 0 Å². The number of nitrogens with zero attached hydrogens (tertiary/aromatic N) is 3. The number of nitriles is 1. The molecule has 2 heterocycles. The monoisotopic (exact) mass is 292 g/mol. The SMILES string of the molecule is COc1c(C(=O)CCl)n2cccc(C)c2[n+]1CCC#N. The van der Waals surface area contributed by atoms with Gasteiger partial charge in [-0.15, -0.1) is 11.6 Å². The van der Waals surface area contributed by atoms with Crippen molar-refractivity contribution in [2.75, 3.05) is 13.0 Å². The number of rotatable bonds is 5. The second-order valence-corrected chi connectivity index (χ2v) is 4.63. The van der Waals surface area contributed by atoms with E-state index in [1.165, 1.54) is 7.11 Å². The summed E-state index contributed by atoms with van der Waals surface area (Å²) in [4.78, 5) is 12.1. The maximum atomic E-state index is 12.1. The number of fused-ring (bicyclic) bond motifs is 1. The number of pyridine rings is 1. The number of carbonyl (C=O) groups excluding carboxylic acids is 1. The van der Waals surface area contributed by atoms with E-state index in [1.807, 2.05) is 23.6 Å². The summed E-state index contributed by atoms with van der Waals surface area (Å²) >= 11 is 5.69. The Labute approximate surface area is 122 Å². The Morgan fingerprint density at radius 1 is 1.60 bits per heavy atom. The van der Waals surface area contributed by atoms with E-state index in [0.29, 0.717) is 24.5 Å². The van der Waals surface area contributed by atoms with Gasteiger partial charge in [0.15, 0.2) is 0 Å². The van der Waals surface area contributed by atoms with E-state index in [9.17, 15) is 4.79 Å². The van der Waals surface area contributed by atoms with Gasteiger partial charge in [-0.05, 0) is 19.1 Å². The molecule has 6 heteroatoms. The predicted molar refractivity (Wildman–Crippen MR) is 74.2 cm³/mol. The van der Waals surface area contributed by atoms with Crippen LogP contribution in [0.5, 0.6) is 5.88 Å². The van der Waals surface area contributed by atoms with E-state index in [0.717, 1.165) is 11.2 Å². The summed E-state index contributed by atoms with van der Waals surface area (Å²) < 4.78 is 9.01. The number of aromatic nitrogens is 2. The fourth-order valence-electron chi connectivity index (χ4n) is 2.35. The van der Waals surface area contributed by atoms with Gasteiger partial charge in [0.1, 0.15) is 6.54 Å². The minimum Gasteiger partial charge on any atom is -0.462 e. The first kappa shape index (κ1) is 14.4. The number of alkyl halides is 1. The fraction of sp³-hybridized carbons (Fsp3) is 0.357. The molecule has 0 N–H and O–H groups in total. The molecule has 0 amide bonds. The molecule has 0 radical (unpaired) electrons. The third-order valence-corrected chi connectivity index (χ3v) is 3.38. The van der Waals surface area contributed by atoms with Crippen molar-refractivity contribution >= 4 is 23.0 Å². The lowest BCUT2D eigenvalue weighted by Gasteiger charge is -1.99. The topological polar surface area (TPSA) is 58.4 Å². The van der Waals surface area contributed by atoms with Crippen LogP contribution in [-0.4, -0.2) is 23.2 Å². The predicted octanol–water partition coefficient (Wildman–Crippen LogP) is 1.88. The first-order valence-electron chi connectivity index (χ1n) is 6.19. The highest BCUT2D eigenvalue weighted by Gasteiger charge is 2.31. The molecule has 2 rings (SSSR count). The quantitative estimate of drug-likeness (QED) is 0.480. The molecule has 0 saturated carbocycles. The molecule has 0 unspecified atom stereocenters. The lowest BCUT2D eigenvalue weighted by molar-refractivity contribution is -0.675. The van der Waals surface area contributed by atoms with Crippen LogP contribution in [0.25, 0.3) is 5.65 Å². The molecular weight excluding hydrogens is 278 g/mol. The average Bonchev–Trinajstić information content (AvgIpc) is 2.79. The van der Waals surface area contributed by atoms with Gasteiger partial charge in [-0.2, -0.15) is 14.2 Å². The molecule has 0 aliphatic carbocycles. The summed E-state index contributed by atoms with van der Waals surface area (Å²) in [6.45, 7) is 2.41. The van der Waals surface area contributed by atoms with Crippen molar-refractivity contribution in [1.82, 2.24) is 4.40 Å². The zero-order valence-corrected chi connectivity index (χ0v) is 12.1. The third-order valence-electron chi connectivity index (χ3n) is 3.13. The van der Waals surface area contributed by atoms with Crippen molar-refractivity contribution in [1.29, 1.82) is 5.26 Å². The average molecular weight is 293 g/mol. The Bertz CT molecular complexity index is 700. The summed E-state index contributed by atoms with van der Waals surface area (Å²) in [6, 6.07) is 5.92. The Morgan fingerprint density at radius 3 is 2.95 bits per heavy atom. The van der Waals surface area contributed by atoms with Crippen LogP contribution in [0.2, 0.25) is 0 Å². The number of ketones is 1. The molecule has 2 aromatic heterocycles.